The van der Waals surface area contributed by atoms with Crippen molar-refractivity contribution in [3.05, 3.63) is 23.8 Å². The first-order chi connectivity index (χ1) is 9.11. The SMILES string of the molecule is CCN(Cc1ccnc(C)n1)C1COCC1C(=O)O. The third kappa shape index (κ3) is 3.27. The van der Waals surface area contributed by atoms with Gasteiger partial charge in [0.25, 0.3) is 0 Å². The van der Waals surface area contributed by atoms with E-state index in [1.54, 1.807) is 6.20 Å². The van der Waals surface area contributed by atoms with Gasteiger partial charge in [0.2, 0.25) is 0 Å². The minimum Gasteiger partial charge on any atom is -0.481 e. The van der Waals surface area contributed by atoms with Crippen LogP contribution in [0.25, 0.3) is 0 Å². The molecule has 0 amide bonds. The van der Waals surface area contributed by atoms with Crippen LogP contribution in [0, 0.1) is 12.8 Å². The third-order valence-corrected chi connectivity index (χ3v) is 3.44. The lowest BCUT2D eigenvalue weighted by molar-refractivity contribution is -0.143. The van der Waals surface area contributed by atoms with E-state index in [9.17, 15) is 9.90 Å². The monoisotopic (exact) mass is 265 g/mol. The number of aryl methyl sites for hydroxylation is 1. The van der Waals surface area contributed by atoms with Crippen molar-refractivity contribution >= 4 is 5.97 Å². The van der Waals surface area contributed by atoms with Crippen LogP contribution in [0.2, 0.25) is 0 Å². The number of nitrogens with zero attached hydrogens (tertiary/aromatic N) is 3. The molecule has 2 atom stereocenters. The Kier molecular flexibility index (Phi) is 4.44. The number of carboxylic acid groups (broad SMARTS) is 1. The molecule has 2 rings (SSSR count). The van der Waals surface area contributed by atoms with Gasteiger partial charge in [-0.15, -0.1) is 0 Å². The van der Waals surface area contributed by atoms with Gasteiger partial charge in [0.15, 0.2) is 0 Å². The van der Waals surface area contributed by atoms with Crippen LogP contribution < -0.4 is 0 Å². The zero-order valence-corrected chi connectivity index (χ0v) is 11.2. The first kappa shape index (κ1) is 13.9. The first-order valence-electron chi connectivity index (χ1n) is 6.45. The van der Waals surface area contributed by atoms with Crippen LogP contribution in [0.4, 0.5) is 0 Å². The summed E-state index contributed by atoms with van der Waals surface area (Å²) in [4.78, 5) is 21.7. The molecule has 1 aromatic rings. The van der Waals surface area contributed by atoms with Crippen LogP contribution in [0.3, 0.4) is 0 Å². The number of ether oxygens (including phenoxy) is 1. The summed E-state index contributed by atoms with van der Waals surface area (Å²) >= 11 is 0. The second-order valence-corrected chi connectivity index (χ2v) is 4.71. The Morgan fingerprint density at radius 1 is 1.58 bits per heavy atom. The van der Waals surface area contributed by atoms with E-state index in [2.05, 4.69) is 14.9 Å². The molecule has 1 fully saturated rings. The number of carbonyl (C=O) groups is 1. The largest absolute Gasteiger partial charge is 0.481 e. The first-order valence-corrected chi connectivity index (χ1v) is 6.45. The fourth-order valence-corrected chi connectivity index (χ4v) is 2.40. The second kappa shape index (κ2) is 6.08. The van der Waals surface area contributed by atoms with Crippen molar-refractivity contribution in [2.45, 2.75) is 26.4 Å². The summed E-state index contributed by atoms with van der Waals surface area (Å²) in [6.07, 6.45) is 1.73. The number of aromatic nitrogens is 2. The lowest BCUT2D eigenvalue weighted by Crippen LogP contribution is -2.42. The van der Waals surface area contributed by atoms with Crippen LogP contribution in [0.1, 0.15) is 18.4 Å². The van der Waals surface area contributed by atoms with Gasteiger partial charge in [-0.25, -0.2) is 9.97 Å². The van der Waals surface area contributed by atoms with Crippen molar-refractivity contribution in [3.8, 4) is 0 Å². The van der Waals surface area contributed by atoms with E-state index < -0.39 is 11.9 Å². The summed E-state index contributed by atoms with van der Waals surface area (Å²) in [5.74, 6) is -0.520. The normalized spacial score (nSPS) is 22.9. The van der Waals surface area contributed by atoms with Gasteiger partial charge in [-0.3, -0.25) is 9.69 Å². The highest BCUT2D eigenvalue weighted by molar-refractivity contribution is 5.71. The molecular weight excluding hydrogens is 246 g/mol. The Hall–Kier alpha value is -1.53. The Labute approximate surface area is 112 Å². The fraction of sp³-hybridized carbons (Fsp3) is 0.615. The molecule has 1 saturated heterocycles. The molecule has 0 bridgehead atoms. The van der Waals surface area contributed by atoms with Gasteiger partial charge in [-0.05, 0) is 19.5 Å². The molecule has 0 aromatic carbocycles. The van der Waals surface area contributed by atoms with Crippen molar-refractivity contribution in [2.24, 2.45) is 5.92 Å². The Morgan fingerprint density at radius 3 is 3.00 bits per heavy atom. The van der Waals surface area contributed by atoms with Crippen molar-refractivity contribution in [1.82, 2.24) is 14.9 Å². The molecule has 19 heavy (non-hydrogen) atoms. The molecule has 1 aliphatic rings. The maximum Gasteiger partial charge on any atom is 0.310 e. The van der Waals surface area contributed by atoms with Gasteiger partial charge in [0.1, 0.15) is 5.82 Å². The maximum atomic E-state index is 11.2. The van der Waals surface area contributed by atoms with Gasteiger partial charge in [0, 0.05) is 18.8 Å². The molecule has 2 unspecified atom stereocenters. The van der Waals surface area contributed by atoms with Crippen LogP contribution in [-0.4, -0.2) is 51.7 Å². The lowest BCUT2D eigenvalue weighted by Gasteiger charge is -2.28. The maximum absolute atomic E-state index is 11.2. The Morgan fingerprint density at radius 2 is 2.37 bits per heavy atom. The number of aliphatic carboxylic acids is 1. The summed E-state index contributed by atoms with van der Waals surface area (Å²) < 4.78 is 5.32. The van der Waals surface area contributed by atoms with Gasteiger partial charge in [-0.2, -0.15) is 0 Å². The summed E-state index contributed by atoms with van der Waals surface area (Å²) in [5.41, 5.74) is 0.908. The number of likely N-dealkylation sites (N-methyl/N-ethyl adjacent to an activating group) is 1. The van der Waals surface area contributed by atoms with Gasteiger partial charge >= 0.3 is 5.97 Å². The minimum absolute atomic E-state index is 0.0854. The van der Waals surface area contributed by atoms with Crippen molar-refractivity contribution in [3.63, 3.8) is 0 Å². The van der Waals surface area contributed by atoms with Gasteiger partial charge < -0.3 is 9.84 Å². The molecule has 0 aliphatic carbocycles. The molecule has 1 aliphatic heterocycles. The standard InChI is InChI=1S/C13H19N3O3/c1-3-16(6-10-4-5-14-9(2)15-10)12-8-19-7-11(12)13(17)18/h4-5,11-12H,3,6-8H2,1-2H3,(H,17,18). The highest BCUT2D eigenvalue weighted by Gasteiger charge is 2.37. The molecule has 6 nitrogen and oxygen atoms in total. The summed E-state index contributed by atoms with van der Waals surface area (Å²) in [5, 5.41) is 9.21. The average Bonchev–Trinajstić information content (AvgIpc) is 2.85. The summed E-state index contributed by atoms with van der Waals surface area (Å²) in [7, 11) is 0. The van der Waals surface area contributed by atoms with Crippen LogP contribution >= 0.6 is 0 Å². The van der Waals surface area contributed by atoms with Gasteiger partial charge in [-0.1, -0.05) is 6.92 Å². The highest BCUT2D eigenvalue weighted by atomic mass is 16.5. The zero-order valence-electron chi connectivity index (χ0n) is 11.2. The molecule has 2 heterocycles. The number of carboxylic acids is 1. The van der Waals surface area contributed by atoms with Crippen molar-refractivity contribution < 1.29 is 14.6 Å². The molecular formula is C13H19N3O3. The van der Waals surface area contributed by atoms with E-state index >= 15 is 0 Å². The van der Waals surface area contributed by atoms with E-state index in [1.165, 1.54) is 0 Å². The average molecular weight is 265 g/mol. The van der Waals surface area contributed by atoms with Crippen molar-refractivity contribution in [1.29, 1.82) is 0 Å². The Bertz CT molecular complexity index is 453. The van der Waals surface area contributed by atoms with Gasteiger partial charge in [0.05, 0.1) is 24.8 Å². The predicted octanol–water partition coefficient (Wildman–Crippen LogP) is 0.707. The molecule has 0 spiro atoms. The topological polar surface area (TPSA) is 75.5 Å². The van der Waals surface area contributed by atoms with Crippen LogP contribution in [-0.2, 0) is 16.1 Å². The van der Waals surface area contributed by atoms with Crippen LogP contribution in [0.5, 0.6) is 0 Å². The number of hydrogen-bond acceptors (Lipinski definition) is 5. The number of hydrogen-bond donors (Lipinski definition) is 1. The quantitative estimate of drug-likeness (QED) is 0.845. The van der Waals surface area contributed by atoms with E-state index in [0.29, 0.717) is 19.8 Å². The van der Waals surface area contributed by atoms with Crippen molar-refractivity contribution in [2.75, 3.05) is 19.8 Å². The Balaban J connectivity index is 2.09. The second-order valence-electron chi connectivity index (χ2n) is 4.71. The zero-order chi connectivity index (χ0) is 13.8. The van der Waals surface area contributed by atoms with E-state index in [1.807, 2.05) is 19.9 Å². The molecule has 104 valence electrons. The lowest BCUT2D eigenvalue weighted by atomic mass is 10.0. The highest BCUT2D eigenvalue weighted by Crippen LogP contribution is 2.21. The third-order valence-electron chi connectivity index (χ3n) is 3.44. The van der Waals surface area contributed by atoms with Crippen LogP contribution in [0.15, 0.2) is 12.3 Å². The molecule has 1 aromatic heterocycles. The minimum atomic E-state index is -0.792. The smallest absolute Gasteiger partial charge is 0.310 e. The fourth-order valence-electron chi connectivity index (χ4n) is 2.40. The molecule has 6 heteroatoms. The predicted molar refractivity (Wildman–Crippen MR) is 68.6 cm³/mol. The number of rotatable bonds is 5. The molecule has 0 saturated carbocycles. The van der Waals surface area contributed by atoms with E-state index in [4.69, 9.17) is 4.74 Å². The summed E-state index contributed by atoms with van der Waals surface area (Å²) in [6, 6.07) is 1.78. The molecule has 1 N–H and O–H groups in total. The molecule has 0 radical (unpaired) electrons. The van der Waals surface area contributed by atoms with E-state index in [0.717, 1.165) is 18.1 Å². The summed E-state index contributed by atoms with van der Waals surface area (Å²) in [6.45, 7) is 6.01. The van der Waals surface area contributed by atoms with E-state index in [-0.39, 0.29) is 6.04 Å².